The van der Waals surface area contributed by atoms with Crippen molar-refractivity contribution in [2.75, 3.05) is 6.61 Å². The average molecular weight is 356 g/mol. The van der Waals surface area contributed by atoms with Gasteiger partial charge < -0.3 is 20.5 Å². The third-order valence-corrected chi connectivity index (χ3v) is 3.29. The molecule has 0 spiro atoms. The van der Waals surface area contributed by atoms with Crippen molar-refractivity contribution < 1.29 is 9.47 Å². The molecule has 2 aromatic rings. The van der Waals surface area contributed by atoms with Gasteiger partial charge in [-0.25, -0.2) is 9.98 Å². The van der Waals surface area contributed by atoms with Crippen LogP contribution in [-0.4, -0.2) is 23.1 Å². The Morgan fingerprint density at radius 3 is 2.58 bits per heavy atom. The molecular weight excluding hydrogens is 328 g/mol. The van der Waals surface area contributed by atoms with E-state index in [1.54, 1.807) is 6.20 Å². The van der Waals surface area contributed by atoms with Crippen LogP contribution in [0.1, 0.15) is 39.7 Å². The second kappa shape index (κ2) is 9.08. The number of ether oxygens (including phenoxy) is 2. The molecule has 0 saturated heterocycles. The summed E-state index contributed by atoms with van der Waals surface area (Å²) in [5.74, 6) is 2.21. The van der Waals surface area contributed by atoms with Crippen LogP contribution in [0.25, 0.3) is 0 Å². The van der Waals surface area contributed by atoms with E-state index in [4.69, 9.17) is 15.2 Å². The van der Waals surface area contributed by atoms with Gasteiger partial charge in [0.1, 0.15) is 0 Å². The molecule has 0 radical (unpaired) electrons. The molecule has 3 N–H and O–H groups in total. The number of guanidine groups is 1. The largest absolute Gasteiger partial charge is 0.490 e. The predicted octanol–water partition coefficient (Wildman–Crippen LogP) is 3.87. The molecule has 0 aliphatic carbocycles. The first-order valence-corrected chi connectivity index (χ1v) is 8.80. The number of nitrogens with two attached hydrogens (primary N) is 1. The second-order valence-corrected chi connectivity index (χ2v) is 6.94. The van der Waals surface area contributed by atoms with Crippen molar-refractivity contribution >= 4 is 5.96 Å². The van der Waals surface area contributed by atoms with Gasteiger partial charge in [-0.15, -0.1) is 0 Å². The third-order valence-electron chi connectivity index (χ3n) is 3.29. The van der Waals surface area contributed by atoms with E-state index >= 15 is 0 Å². The van der Waals surface area contributed by atoms with Crippen LogP contribution in [0.4, 0.5) is 0 Å². The normalized spacial score (nSPS) is 11.9. The summed E-state index contributed by atoms with van der Waals surface area (Å²) in [5.41, 5.74) is 6.65. The number of hydrogen-bond acceptors (Lipinski definition) is 4. The summed E-state index contributed by atoms with van der Waals surface area (Å²) in [6.45, 7) is 9.16. The Morgan fingerprint density at radius 2 is 1.88 bits per heavy atom. The fourth-order valence-corrected chi connectivity index (χ4v) is 2.20. The lowest BCUT2D eigenvalue weighted by molar-refractivity contribution is 0.300. The molecule has 1 heterocycles. The first-order valence-electron chi connectivity index (χ1n) is 8.80. The highest BCUT2D eigenvalue weighted by atomic mass is 16.5. The Balaban J connectivity index is 2.16. The molecule has 0 bridgehead atoms. The maximum absolute atomic E-state index is 6.00. The second-order valence-electron chi connectivity index (χ2n) is 6.94. The van der Waals surface area contributed by atoms with Crippen LogP contribution < -0.4 is 20.5 Å². The quantitative estimate of drug-likeness (QED) is 0.581. The number of benzene rings is 1. The number of nitrogens with zero attached hydrogens (tertiary/aromatic N) is 2. The van der Waals surface area contributed by atoms with E-state index in [9.17, 15) is 0 Å². The fourth-order valence-electron chi connectivity index (χ4n) is 2.20. The minimum absolute atomic E-state index is 0.141. The minimum atomic E-state index is -0.141. The van der Waals surface area contributed by atoms with Crippen molar-refractivity contribution in [3.8, 4) is 17.4 Å². The standard InChI is InChI=1S/C20H28N4O2/c1-5-13-25-16-10-6-7-11-17(16)26-18-15(9-8-12-22-18)14-23-19(21)24-20(2,3)4/h6-12H,5,13-14H2,1-4H3,(H3,21,23,24). The molecule has 26 heavy (non-hydrogen) atoms. The molecular formula is C20H28N4O2. The topological polar surface area (TPSA) is 81.8 Å². The van der Waals surface area contributed by atoms with E-state index < -0.39 is 0 Å². The molecule has 0 fully saturated rings. The van der Waals surface area contributed by atoms with E-state index in [0.717, 1.165) is 12.0 Å². The van der Waals surface area contributed by atoms with Gasteiger partial charge in [-0.2, -0.15) is 0 Å². The number of hydrogen-bond donors (Lipinski definition) is 2. The molecule has 6 nitrogen and oxygen atoms in total. The van der Waals surface area contributed by atoms with Crippen LogP contribution in [0, 0.1) is 0 Å². The zero-order valence-electron chi connectivity index (χ0n) is 16.0. The molecule has 0 atom stereocenters. The van der Waals surface area contributed by atoms with E-state index in [-0.39, 0.29) is 5.54 Å². The van der Waals surface area contributed by atoms with Gasteiger partial charge in [0.05, 0.1) is 13.2 Å². The molecule has 2 rings (SSSR count). The number of pyridine rings is 1. The first kappa shape index (κ1) is 19.6. The Labute approximate surface area is 155 Å². The minimum Gasteiger partial charge on any atom is -0.490 e. The van der Waals surface area contributed by atoms with Crippen molar-refractivity contribution in [3.05, 3.63) is 48.2 Å². The van der Waals surface area contributed by atoms with Crippen LogP contribution in [0.2, 0.25) is 0 Å². The maximum atomic E-state index is 6.00. The molecule has 0 saturated carbocycles. The van der Waals surface area contributed by atoms with Crippen LogP contribution >= 0.6 is 0 Å². The van der Waals surface area contributed by atoms with Crippen LogP contribution in [0.5, 0.6) is 17.4 Å². The number of para-hydroxylation sites is 2. The molecule has 0 aliphatic rings. The maximum Gasteiger partial charge on any atom is 0.224 e. The molecule has 1 aromatic carbocycles. The number of aliphatic imine (C=N–C) groups is 1. The summed E-state index contributed by atoms with van der Waals surface area (Å²) in [6, 6.07) is 11.3. The van der Waals surface area contributed by atoms with Gasteiger partial charge in [0, 0.05) is 17.3 Å². The van der Waals surface area contributed by atoms with Crippen LogP contribution in [0.15, 0.2) is 47.6 Å². The van der Waals surface area contributed by atoms with Gasteiger partial charge in [0.15, 0.2) is 17.5 Å². The molecule has 0 unspecified atom stereocenters. The van der Waals surface area contributed by atoms with Gasteiger partial charge in [0.25, 0.3) is 0 Å². The SMILES string of the molecule is CCCOc1ccccc1Oc1ncccc1CN=C(N)NC(C)(C)C. The number of aromatic nitrogens is 1. The zero-order chi connectivity index (χ0) is 19.0. The number of rotatable bonds is 7. The van der Waals surface area contributed by atoms with Crippen molar-refractivity contribution in [2.45, 2.75) is 46.2 Å². The highest BCUT2D eigenvalue weighted by Crippen LogP contribution is 2.32. The highest BCUT2D eigenvalue weighted by Gasteiger charge is 2.12. The highest BCUT2D eigenvalue weighted by molar-refractivity contribution is 5.78. The van der Waals surface area contributed by atoms with Crippen LogP contribution in [0.3, 0.4) is 0 Å². The Morgan fingerprint density at radius 1 is 1.15 bits per heavy atom. The van der Waals surface area contributed by atoms with E-state index in [1.807, 2.05) is 57.2 Å². The van der Waals surface area contributed by atoms with Gasteiger partial charge in [-0.3, -0.25) is 0 Å². The van der Waals surface area contributed by atoms with Crippen molar-refractivity contribution in [1.82, 2.24) is 10.3 Å². The molecule has 0 amide bonds. The van der Waals surface area contributed by atoms with Crippen molar-refractivity contribution in [2.24, 2.45) is 10.7 Å². The lowest BCUT2D eigenvalue weighted by atomic mass is 10.1. The Kier molecular flexibility index (Phi) is 6.83. The summed E-state index contributed by atoms with van der Waals surface area (Å²) >= 11 is 0. The summed E-state index contributed by atoms with van der Waals surface area (Å²) < 4.78 is 11.7. The lowest BCUT2D eigenvalue weighted by Gasteiger charge is -2.21. The molecule has 140 valence electrons. The van der Waals surface area contributed by atoms with Gasteiger partial charge >= 0.3 is 0 Å². The third kappa shape index (κ3) is 6.27. The van der Waals surface area contributed by atoms with Crippen LogP contribution in [-0.2, 0) is 6.54 Å². The fraction of sp³-hybridized carbons (Fsp3) is 0.400. The van der Waals surface area contributed by atoms with Gasteiger partial charge in [0.2, 0.25) is 5.88 Å². The first-order chi connectivity index (χ1) is 12.4. The summed E-state index contributed by atoms with van der Waals surface area (Å²) in [5, 5.41) is 3.14. The summed E-state index contributed by atoms with van der Waals surface area (Å²) in [7, 11) is 0. The van der Waals surface area contributed by atoms with E-state index in [2.05, 4.69) is 22.2 Å². The Hall–Kier alpha value is -2.76. The van der Waals surface area contributed by atoms with Crippen molar-refractivity contribution in [1.29, 1.82) is 0 Å². The van der Waals surface area contributed by atoms with Gasteiger partial charge in [-0.1, -0.05) is 25.1 Å². The molecule has 0 aliphatic heterocycles. The van der Waals surface area contributed by atoms with E-state index in [0.29, 0.717) is 36.5 Å². The summed E-state index contributed by atoms with van der Waals surface area (Å²) in [4.78, 5) is 8.73. The summed E-state index contributed by atoms with van der Waals surface area (Å²) in [6.07, 6.45) is 2.62. The number of nitrogens with one attached hydrogen (secondary N) is 1. The molecule has 6 heteroatoms. The van der Waals surface area contributed by atoms with Crippen molar-refractivity contribution in [3.63, 3.8) is 0 Å². The lowest BCUT2D eigenvalue weighted by Crippen LogP contribution is -2.44. The average Bonchev–Trinajstić information content (AvgIpc) is 2.59. The van der Waals surface area contributed by atoms with Gasteiger partial charge in [-0.05, 0) is 45.4 Å². The predicted molar refractivity (Wildman–Crippen MR) is 105 cm³/mol. The molecule has 1 aromatic heterocycles. The monoisotopic (exact) mass is 356 g/mol. The Bertz CT molecular complexity index is 739. The smallest absolute Gasteiger partial charge is 0.224 e. The zero-order valence-corrected chi connectivity index (χ0v) is 16.0. The van der Waals surface area contributed by atoms with E-state index in [1.165, 1.54) is 0 Å².